The second-order valence-corrected chi connectivity index (χ2v) is 2.93. The first-order chi connectivity index (χ1) is 6.09. The zero-order chi connectivity index (χ0) is 9.47. The summed E-state index contributed by atoms with van der Waals surface area (Å²) >= 11 is 0. The fourth-order valence-electron chi connectivity index (χ4n) is 1.26. The van der Waals surface area contributed by atoms with Gasteiger partial charge < -0.3 is 4.74 Å². The van der Waals surface area contributed by atoms with E-state index in [0.717, 1.165) is 0 Å². The van der Waals surface area contributed by atoms with Crippen molar-refractivity contribution in [2.45, 2.75) is 18.4 Å². The molecule has 1 saturated heterocycles. The van der Waals surface area contributed by atoms with Crippen LogP contribution in [0.15, 0.2) is 30.3 Å². The lowest BCUT2D eigenvalue weighted by atomic mass is 10.1. The minimum Gasteiger partial charge on any atom is -0.355 e. The van der Waals surface area contributed by atoms with Crippen molar-refractivity contribution in [2.24, 2.45) is 0 Å². The Kier molecular flexibility index (Phi) is 1.80. The smallest absolute Gasteiger partial charge is 0.355 e. The van der Waals surface area contributed by atoms with Gasteiger partial charge in [-0.3, -0.25) is 0 Å². The molecule has 2 atom stereocenters. The number of epoxide rings is 1. The first-order valence-corrected chi connectivity index (χ1v) is 3.86. The molecule has 0 amide bonds. The van der Waals surface area contributed by atoms with E-state index in [1.165, 1.54) is 0 Å². The highest BCUT2D eigenvalue weighted by molar-refractivity contribution is 5.22. The fourth-order valence-corrected chi connectivity index (χ4v) is 1.26. The van der Waals surface area contributed by atoms with E-state index in [4.69, 9.17) is 0 Å². The molecular formula is C9H7F3O. The van der Waals surface area contributed by atoms with Gasteiger partial charge in [0, 0.05) is 0 Å². The minimum atomic E-state index is -4.24. The molecule has 1 heterocycles. The Morgan fingerprint density at radius 1 is 1.08 bits per heavy atom. The summed E-state index contributed by atoms with van der Waals surface area (Å²) in [5.74, 6) is 0. The molecule has 4 heteroatoms. The maximum atomic E-state index is 12.1. The Labute approximate surface area is 73.1 Å². The van der Waals surface area contributed by atoms with E-state index in [0.29, 0.717) is 5.56 Å². The van der Waals surface area contributed by atoms with Crippen LogP contribution in [0.3, 0.4) is 0 Å². The molecule has 0 spiro atoms. The molecular weight excluding hydrogens is 181 g/mol. The standard InChI is InChI=1S/C9H7F3O/c10-9(11,12)8-7(13-8)6-4-2-1-3-5-6/h1-5,7-8H/t7-,8-/m1/s1. The molecule has 13 heavy (non-hydrogen) atoms. The Balaban J connectivity index is 2.09. The number of hydrogen-bond donors (Lipinski definition) is 0. The number of hydrogen-bond acceptors (Lipinski definition) is 1. The molecule has 0 saturated carbocycles. The van der Waals surface area contributed by atoms with Crippen LogP contribution in [0.4, 0.5) is 13.2 Å². The second-order valence-electron chi connectivity index (χ2n) is 2.93. The molecule has 0 bridgehead atoms. The Morgan fingerprint density at radius 2 is 1.69 bits per heavy atom. The van der Waals surface area contributed by atoms with E-state index >= 15 is 0 Å². The van der Waals surface area contributed by atoms with Crippen LogP contribution in [0.1, 0.15) is 11.7 Å². The maximum Gasteiger partial charge on any atom is 0.417 e. The summed E-state index contributed by atoms with van der Waals surface area (Å²) in [5.41, 5.74) is 0.588. The average molecular weight is 188 g/mol. The van der Waals surface area contributed by atoms with Crippen molar-refractivity contribution < 1.29 is 17.9 Å². The largest absolute Gasteiger partial charge is 0.417 e. The van der Waals surface area contributed by atoms with Gasteiger partial charge in [0.25, 0.3) is 0 Å². The summed E-state index contributed by atoms with van der Waals surface area (Å²) in [5, 5.41) is 0. The topological polar surface area (TPSA) is 12.5 Å². The van der Waals surface area contributed by atoms with Crippen LogP contribution < -0.4 is 0 Å². The third-order valence-corrected chi connectivity index (χ3v) is 1.94. The Hall–Kier alpha value is -1.03. The van der Waals surface area contributed by atoms with Crippen LogP contribution >= 0.6 is 0 Å². The normalized spacial score (nSPS) is 27.3. The highest BCUT2D eigenvalue weighted by Gasteiger charge is 2.58. The van der Waals surface area contributed by atoms with Crippen LogP contribution in [0.5, 0.6) is 0 Å². The highest BCUT2D eigenvalue weighted by atomic mass is 19.4. The van der Waals surface area contributed by atoms with E-state index in [1.807, 2.05) is 0 Å². The van der Waals surface area contributed by atoms with Gasteiger partial charge in [-0.25, -0.2) is 0 Å². The molecule has 1 fully saturated rings. The van der Waals surface area contributed by atoms with Crippen molar-refractivity contribution in [3.8, 4) is 0 Å². The Bertz CT molecular complexity index is 293. The van der Waals surface area contributed by atoms with Gasteiger partial charge in [-0.1, -0.05) is 30.3 Å². The first kappa shape index (κ1) is 8.56. The van der Waals surface area contributed by atoms with Gasteiger partial charge in [0.05, 0.1) is 0 Å². The van der Waals surface area contributed by atoms with E-state index in [-0.39, 0.29) is 0 Å². The van der Waals surface area contributed by atoms with Crippen LogP contribution in [0.25, 0.3) is 0 Å². The van der Waals surface area contributed by atoms with E-state index < -0.39 is 18.4 Å². The molecule has 1 aromatic carbocycles. The third-order valence-electron chi connectivity index (χ3n) is 1.94. The first-order valence-electron chi connectivity index (χ1n) is 3.86. The quantitative estimate of drug-likeness (QED) is 0.617. The summed E-state index contributed by atoms with van der Waals surface area (Å²) in [4.78, 5) is 0. The fraction of sp³-hybridized carbons (Fsp3) is 0.333. The van der Waals surface area contributed by atoms with Crippen LogP contribution in [0.2, 0.25) is 0 Å². The van der Waals surface area contributed by atoms with Gasteiger partial charge in [0.2, 0.25) is 0 Å². The van der Waals surface area contributed by atoms with Gasteiger partial charge in [0.15, 0.2) is 6.10 Å². The van der Waals surface area contributed by atoms with Crippen molar-refractivity contribution in [2.75, 3.05) is 0 Å². The van der Waals surface area contributed by atoms with Gasteiger partial charge in [-0.15, -0.1) is 0 Å². The molecule has 0 N–H and O–H groups in total. The summed E-state index contributed by atoms with van der Waals surface area (Å²) in [6.45, 7) is 0. The van der Waals surface area contributed by atoms with Gasteiger partial charge >= 0.3 is 6.18 Å². The molecule has 1 aromatic rings. The lowest BCUT2D eigenvalue weighted by Crippen LogP contribution is -2.16. The van der Waals surface area contributed by atoms with E-state index in [2.05, 4.69) is 4.74 Å². The molecule has 1 aliphatic heterocycles. The van der Waals surface area contributed by atoms with E-state index in [1.54, 1.807) is 30.3 Å². The zero-order valence-electron chi connectivity index (χ0n) is 6.58. The predicted molar refractivity (Wildman–Crippen MR) is 40.1 cm³/mol. The molecule has 2 rings (SSSR count). The molecule has 0 aliphatic carbocycles. The van der Waals surface area contributed by atoms with Gasteiger partial charge in [-0.05, 0) is 5.56 Å². The third kappa shape index (κ3) is 1.67. The maximum absolute atomic E-state index is 12.1. The van der Waals surface area contributed by atoms with Crippen LogP contribution in [0, 0.1) is 0 Å². The predicted octanol–water partition coefficient (Wildman–Crippen LogP) is 2.69. The number of benzene rings is 1. The van der Waals surface area contributed by atoms with Crippen LogP contribution in [-0.2, 0) is 4.74 Å². The van der Waals surface area contributed by atoms with Crippen molar-refractivity contribution >= 4 is 0 Å². The Morgan fingerprint density at radius 3 is 2.15 bits per heavy atom. The van der Waals surface area contributed by atoms with E-state index in [9.17, 15) is 13.2 Å². The molecule has 70 valence electrons. The number of halogens is 3. The molecule has 0 aromatic heterocycles. The van der Waals surface area contributed by atoms with Crippen LogP contribution in [-0.4, -0.2) is 12.3 Å². The number of alkyl halides is 3. The minimum absolute atomic E-state index is 0.588. The monoisotopic (exact) mass is 188 g/mol. The molecule has 0 unspecified atom stereocenters. The lowest BCUT2D eigenvalue weighted by Gasteiger charge is -2.00. The van der Waals surface area contributed by atoms with Crippen molar-refractivity contribution in [3.05, 3.63) is 35.9 Å². The lowest BCUT2D eigenvalue weighted by molar-refractivity contribution is -0.146. The SMILES string of the molecule is FC(F)(F)[C@@H]1O[C@@H]1c1ccccc1. The number of rotatable bonds is 1. The summed E-state index contributed by atoms with van der Waals surface area (Å²) < 4.78 is 40.7. The summed E-state index contributed by atoms with van der Waals surface area (Å²) in [6, 6.07) is 8.43. The zero-order valence-corrected chi connectivity index (χ0v) is 6.58. The summed E-state index contributed by atoms with van der Waals surface area (Å²) in [6.07, 6.45) is -6.63. The molecule has 0 radical (unpaired) electrons. The second kappa shape index (κ2) is 2.73. The van der Waals surface area contributed by atoms with Crippen molar-refractivity contribution in [3.63, 3.8) is 0 Å². The number of ether oxygens (including phenoxy) is 1. The summed E-state index contributed by atoms with van der Waals surface area (Å²) in [7, 11) is 0. The van der Waals surface area contributed by atoms with Crippen molar-refractivity contribution in [1.29, 1.82) is 0 Å². The van der Waals surface area contributed by atoms with Crippen molar-refractivity contribution in [1.82, 2.24) is 0 Å². The van der Waals surface area contributed by atoms with Gasteiger partial charge in [0.1, 0.15) is 6.10 Å². The average Bonchev–Trinajstić information content (AvgIpc) is 2.83. The van der Waals surface area contributed by atoms with Gasteiger partial charge in [-0.2, -0.15) is 13.2 Å². The molecule has 1 aliphatic rings. The molecule has 1 nitrogen and oxygen atoms in total. The highest BCUT2D eigenvalue weighted by Crippen LogP contribution is 2.47.